The first-order chi connectivity index (χ1) is 11.3. The van der Waals surface area contributed by atoms with Crippen LogP contribution in [0.5, 0.6) is 5.75 Å². The highest BCUT2D eigenvalue weighted by atomic mass is 19.4. The smallest absolute Gasteiger partial charge is 0.418 e. The predicted octanol–water partition coefficient (Wildman–Crippen LogP) is 3.08. The maximum Gasteiger partial charge on any atom is 0.418 e. The van der Waals surface area contributed by atoms with Crippen LogP contribution in [0.15, 0.2) is 48.8 Å². The first-order valence-electron chi connectivity index (χ1n) is 6.99. The summed E-state index contributed by atoms with van der Waals surface area (Å²) in [6.45, 7) is 1.50. The van der Waals surface area contributed by atoms with E-state index < -0.39 is 24.3 Å². The second-order valence-corrected chi connectivity index (χ2v) is 5.01. The Balaban J connectivity index is 2.04. The summed E-state index contributed by atoms with van der Waals surface area (Å²) < 4.78 is 43.0. The van der Waals surface area contributed by atoms with Crippen molar-refractivity contribution < 1.29 is 27.8 Å². The van der Waals surface area contributed by atoms with Gasteiger partial charge in [0.25, 0.3) is 5.91 Å². The topological polar surface area (TPSA) is 71.5 Å². The number of halogens is 3. The van der Waals surface area contributed by atoms with Crippen molar-refractivity contribution in [2.24, 2.45) is 0 Å². The van der Waals surface area contributed by atoms with Gasteiger partial charge in [-0.3, -0.25) is 9.78 Å². The van der Waals surface area contributed by atoms with Gasteiger partial charge >= 0.3 is 6.18 Å². The molecule has 2 N–H and O–H groups in total. The molecule has 2 rings (SSSR count). The Kier molecular flexibility index (Phi) is 5.40. The van der Waals surface area contributed by atoms with Gasteiger partial charge in [0.2, 0.25) is 0 Å². The number of nitrogens with one attached hydrogen (secondary N) is 1. The van der Waals surface area contributed by atoms with E-state index in [0.29, 0.717) is 5.75 Å². The zero-order valence-electron chi connectivity index (χ0n) is 12.6. The molecule has 0 radical (unpaired) electrons. The maximum atomic E-state index is 12.5. The Labute approximate surface area is 136 Å². The fourth-order valence-corrected chi connectivity index (χ4v) is 1.89. The number of ether oxygens (including phenoxy) is 1. The van der Waals surface area contributed by atoms with Crippen LogP contribution in [0.1, 0.15) is 18.6 Å². The van der Waals surface area contributed by atoms with Crippen LogP contribution in [0.2, 0.25) is 0 Å². The molecule has 0 aliphatic carbocycles. The lowest BCUT2D eigenvalue weighted by molar-refractivity contribution is -0.206. The summed E-state index contributed by atoms with van der Waals surface area (Å²) in [6.07, 6.45) is -5.29. The average Bonchev–Trinajstić information content (AvgIpc) is 2.54. The van der Waals surface area contributed by atoms with Gasteiger partial charge in [-0.1, -0.05) is 12.1 Å². The Hall–Kier alpha value is -2.61. The van der Waals surface area contributed by atoms with Crippen LogP contribution in [0, 0.1) is 0 Å². The van der Waals surface area contributed by atoms with E-state index in [1.165, 1.54) is 25.3 Å². The number of anilines is 1. The maximum absolute atomic E-state index is 12.5. The van der Waals surface area contributed by atoms with Gasteiger partial charge in [0.1, 0.15) is 5.75 Å². The molecule has 0 saturated carbocycles. The second kappa shape index (κ2) is 7.31. The number of benzene rings is 1. The quantitative estimate of drug-likeness (QED) is 0.877. The molecule has 2 atom stereocenters. The number of hydrogen-bond acceptors (Lipinski definition) is 4. The lowest BCUT2D eigenvalue weighted by atomic mass is 10.1. The molecule has 5 nitrogen and oxygen atoms in total. The third kappa shape index (κ3) is 4.69. The third-order valence-corrected chi connectivity index (χ3v) is 3.10. The standard InChI is InChI=1S/C16H15F3N2O3/c1-10(24-13-6-3-7-20-9-13)15(23)21-12-5-2-4-11(8-12)14(22)16(17,18)19/h2-10,14,22H,1H3,(H,21,23). The molecule has 1 aromatic heterocycles. The minimum Gasteiger partial charge on any atom is -0.479 e. The summed E-state index contributed by atoms with van der Waals surface area (Å²) in [6, 6.07) is 8.18. The van der Waals surface area contributed by atoms with Crippen LogP contribution in [-0.2, 0) is 4.79 Å². The van der Waals surface area contributed by atoms with Gasteiger partial charge in [-0.25, -0.2) is 0 Å². The number of aromatic nitrogens is 1. The van der Waals surface area contributed by atoms with Crippen molar-refractivity contribution in [2.75, 3.05) is 5.32 Å². The highest BCUT2D eigenvalue weighted by molar-refractivity contribution is 5.94. The number of rotatable bonds is 5. The molecule has 1 heterocycles. The molecule has 0 saturated heterocycles. The van der Waals surface area contributed by atoms with E-state index in [9.17, 15) is 23.1 Å². The summed E-state index contributed by atoms with van der Waals surface area (Å²) in [5.74, 6) is -0.154. The van der Waals surface area contributed by atoms with Crippen molar-refractivity contribution in [3.63, 3.8) is 0 Å². The lowest BCUT2D eigenvalue weighted by Crippen LogP contribution is -2.30. The van der Waals surface area contributed by atoms with Crippen LogP contribution in [-0.4, -0.2) is 28.3 Å². The summed E-state index contributed by atoms with van der Waals surface area (Å²) in [5.41, 5.74) is -0.233. The molecule has 2 aromatic rings. The molecule has 1 aromatic carbocycles. The van der Waals surface area contributed by atoms with Crippen molar-refractivity contribution in [3.8, 4) is 5.75 Å². The predicted molar refractivity (Wildman–Crippen MR) is 80.4 cm³/mol. The lowest BCUT2D eigenvalue weighted by Gasteiger charge is -2.17. The molecule has 1 amide bonds. The zero-order chi connectivity index (χ0) is 17.7. The summed E-state index contributed by atoms with van der Waals surface area (Å²) in [5, 5.41) is 11.7. The molecule has 0 spiro atoms. The van der Waals surface area contributed by atoms with E-state index in [0.717, 1.165) is 12.1 Å². The van der Waals surface area contributed by atoms with Crippen LogP contribution < -0.4 is 10.1 Å². The van der Waals surface area contributed by atoms with Crippen molar-refractivity contribution >= 4 is 11.6 Å². The minimum absolute atomic E-state index is 0.127. The van der Waals surface area contributed by atoms with Gasteiger partial charge in [0.05, 0.1) is 6.20 Å². The van der Waals surface area contributed by atoms with Gasteiger partial charge in [-0.15, -0.1) is 0 Å². The van der Waals surface area contributed by atoms with E-state index in [1.54, 1.807) is 18.3 Å². The van der Waals surface area contributed by atoms with Crippen molar-refractivity contribution in [1.82, 2.24) is 4.98 Å². The summed E-state index contributed by atoms with van der Waals surface area (Å²) in [7, 11) is 0. The zero-order valence-corrected chi connectivity index (χ0v) is 12.6. The molecule has 0 bridgehead atoms. The molecule has 128 valence electrons. The van der Waals surface area contributed by atoms with E-state index in [1.807, 2.05) is 0 Å². The van der Waals surface area contributed by atoms with Gasteiger partial charge < -0.3 is 15.2 Å². The molecule has 24 heavy (non-hydrogen) atoms. The fraction of sp³-hybridized carbons (Fsp3) is 0.250. The van der Waals surface area contributed by atoms with Crippen LogP contribution in [0.3, 0.4) is 0 Å². The van der Waals surface area contributed by atoms with Crippen molar-refractivity contribution in [1.29, 1.82) is 0 Å². The van der Waals surface area contributed by atoms with Gasteiger partial charge in [-0.05, 0) is 36.8 Å². The van der Waals surface area contributed by atoms with Crippen LogP contribution in [0.4, 0.5) is 18.9 Å². The Morgan fingerprint density at radius 3 is 2.67 bits per heavy atom. The van der Waals surface area contributed by atoms with E-state index in [2.05, 4.69) is 10.3 Å². The third-order valence-electron chi connectivity index (χ3n) is 3.10. The van der Waals surface area contributed by atoms with E-state index in [4.69, 9.17) is 4.74 Å². The minimum atomic E-state index is -4.78. The SMILES string of the molecule is CC(Oc1cccnc1)C(=O)Nc1cccc(C(O)C(F)(F)F)c1. The highest BCUT2D eigenvalue weighted by Gasteiger charge is 2.39. The molecule has 0 aliphatic heterocycles. The number of aliphatic hydroxyl groups excluding tert-OH is 1. The largest absolute Gasteiger partial charge is 0.479 e. The van der Waals surface area contributed by atoms with Gasteiger partial charge in [0, 0.05) is 11.9 Å². The van der Waals surface area contributed by atoms with Crippen molar-refractivity contribution in [3.05, 3.63) is 54.4 Å². The molecule has 2 unspecified atom stereocenters. The number of alkyl halides is 3. The number of hydrogen-bond donors (Lipinski definition) is 2. The van der Waals surface area contributed by atoms with E-state index >= 15 is 0 Å². The number of pyridine rings is 1. The summed E-state index contributed by atoms with van der Waals surface area (Å²) in [4.78, 5) is 15.9. The molecule has 0 aliphatic rings. The van der Waals surface area contributed by atoms with Gasteiger partial charge in [0.15, 0.2) is 12.2 Å². The van der Waals surface area contributed by atoms with Gasteiger partial charge in [-0.2, -0.15) is 13.2 Å². The number of carbonyl (C=O) groups is 1. The number of amides is 1. The Morgan fingerprint density at radius 2 is 2.04 bits per heavy atom. The number of carbonyl (C=O) groups excluding carboxylic acids is 1. The Morgan fingerprint density at radius 1 is 1.29 bits per heavy atom. The summed E-state index contributed by atoms with van der Waals surface area (Å²) >= 11 is 0. The first-order valence-corrected chi connectivity index (χ1v) is 6.99. The number of aliphatic hydroxyl groups is 1. The number of nitrogens with zero attached hydrogens (tertiary/aromatic N) is 1. The molecule has 0 fully saturated rings. The first kappa shape index (κ1) is 17.7. The fourth-order valence-electron chi connectivity index (χ4n) is 1.89. The Bertz CT molecular complexity index is 692. The van der Waals surface area contributed by atoms with Crippen molar-refractivity contribution in [2.45, 2.75) is 25.3 Å². The molecule has 8 heteroatoms. The monoisotopic (exact) mass is 340 g/mol. The van der Waals surface area contributed by atoms with Crippen LogP contribution >= 0.6 is 0 Å². The average molecular weight is 340 g/mol. The molecular weight excluding hydrogens is 325 g/mol. The normalized spacial score (nSPS) is 13.9. The van der Waals surface area contributed by atoms with E-state index in [-0.39, 0.29) is 11.3 Å². The highest BCUT2D eigenvalue weighted by Crippen LogP contribution is 2.33. The van der Waals surface area contributed by atoms with Crippen LogP contribution in [0.25, 0.3) is 0 Å². The second-order valence-electron chi connectivity index (χ2n) is 5.01. The molecular formula is C16H15F3N2O3.